The molecule has 0 bridgehead atoms. The van der Waals surface area contributed by atoms with Gasteiger partial charge in [0.1, 0.15) is 0 Å². The number of hydrogen-bond donors (Lipinski definition) is 1. The molecular weight excluding hydrogens is 460 g/mol. The van der Waals surface area contributed by atoms with Crippen LogP contribution in [0.5, 0.6) is 11.5 Å². The Bertz CT molecular complexity index is 1180. The number of amides is 1. The Morgan fingerprint density at radius 1 is 1.09 bits per heavy atom. The summed E-state index contributed by atoms with van der Waals surface area (Å²) in [6.07, 6.45) is 1.68. The molecule has 0 aromatic heterocycles. The second kappa shape index (κ2) is 11.1. The first kappa shape index (κ1) is 25.1. The molecule has 5 nitrogen and oxygen atoms in total. The number of nitrogens with zero attached hydrogens (tertiary/aromatic N) is 1. The van der Waals surface area contributed by atoms with Gasteiger partial charge in [-0.2, -0.15) is 0 Å². The average Bonchev–Trinajstić information content (AvgIpc) is 2.87. The predicted octanol–water partition coefficient (Wildman–Crippen LogP) is 5.97. The molecule has 35 heavy (non-hydrogen) atoms. The van der Waals surface area contributed by atoms with Crippen LogP contribution in [0, 0.1) is 6.92 Å². The first-order valence-electron chi connectivity index (χ1n) is 12.0. The van der Waals surface area contributed by atoms with Crippen LogP contribution in [0.15, 0.2) is 60.7 Å². The number of fused-ring (bicyclic) bond motifs is 1. The summed E-state index contributed by atoms with van der Waals surface area (Å²) in [7, 11) is 3.32. The van der Waals surface area contributed by atoms with E-state index in [9.17, 15) is 4.79 Å². The Morgan fingerprint density at radius 3 is 2.46 bits per heavy atom. The lowest BCUT2D eigenvalue weighted by atomic mass is 9.86. The van der Waals surface area contributed by atoms with E-state index < -0.39 is 0 Å². The second-order valence-corrected chi connectivity index (χ2v) is 9.49. The number of halogens is 1. The third-order valence-corrected chi connectivity index (χ3v) is 6.99. The number of ether oxygens (including phenoxy) is 2. The first-order valence-corrected chi connectivity index (χ1v) is 12.4. The molecule has 4 rings (SSSR count). The van der Waals surface area contributed by atoms with Gasteiger partial charge in [0.15, 0.2) is 11.5 Å². The quantitative estimate of drug-likeness (QED) is 0.420. The van der Waals surface area contributed by atoms with Gasteiger partial charge < -0.3 is 14.8 Å². The summed E-state index contributed by atoms with van der Waals surface area (Å²) >= 11 is 6.03. The molecule has 2 atom stereocenters. The van der Waals surface area contributed by atoms with Crippen molar-refractivity contribution in [1.29, 1.82) is 0 Å². The third-order valence-electron chi connectivity index (χ3n) is 6.74. The van der Waals surface area contributed by atoms with Gasteiger partial charge in [0.05, 0.1) is 20.3 Å². The van der Waals surface area contributed by atoms with Gasteiger partial charge in [-0.05, 0) is 72.9 Å². The number of aryl methyl sites for hydroxylation is 1. The van der Waals surface area contributed by atoms with E-state index >= 15 is 0 Å². The summed E-state index contributed by atoms with van der Waals surface area (Å²) in [4.78, 5) is 15.7. The van der Waals surface area contributed by atoms with Crippen molar-refractivity contribution >= 4 is 17.5 Å². The molecule has 1 N–H and O–H groups in total. The average molecular weight is 493 g/mol. The van der Waals surface area contributed by atoms with E-state index in [2.05, 4.69) is 60.5 Å². The molecule has 0 spiro atoms. The molecule has 1 aliphatic heterocycles. The lowest BCUT2D eigenvalue weighted by Crippen LogP contribution is -2.48. The summed E-state index contributed by atoms with van der Waals surface area (Å²) in [5, 5.41) is 3.92. The Labute approximate surface area is 213 Å². The van der Waals surface area contributed by atoms with E-state index in [1.807, 2.05) is 0 Å². The molecule has 184 valence electrons. The Morgan fingerprint density at radius 2 is 1.80 bits per heavy atom. The molecule has 0 radical (unpaired) electrons. The van der Waals surface area contributed by atoms with E-state index in [4.69, 9.17) is 21.1 Å². The van der Waals surface area contributed by atoms with Gasteiger partial charge in [-0.15, -0.1) is 0 Å². The van der Waals surface area contributed by atoms with Crippen molar-refractivity contribution in [3.05, 3.63) is 93.5 Å². The molecule has 0 saturated carbocycles. The van der Waals surface area contributed by atoms with E-state index in [1.54, 1.807) is 38.5 Å². The monoisotopic (exact) mass is 492 g/mol. The van der Waals surface area contributed by atoms with Crippen molar-refractivity contribution in [2.45, 2.75) is 45.3 Å². The van der Waals surface area contributed by atoms with Crippen LogP contribution in [0.2, 0.25) is 5.02 Å². The molecule has 3 aromatic carbocycles. The zero-order valence-corrected chi connectivity index (χ0v) is 21.6. The summed E-state index contributed by atoms with van der Waals surface area (Å²) < 4.78 is 11.2. The van der Waals surface area contributed by atoms with E-state index in [-0.39, 0.29) is 18.0 Å². The molecule has 3 aromatic rings. The maximum absolute atomic E-state index is 13.2. The second-order valence-electron chi connectivity index (χ2n) is 9.06. The molecule has 0 aliphatic carbocycles. The number of rotatable bonds is 8. The maximum atomic E-state index is 13.2. The van der Waals surface area contributed by atoms with Gasteiger partial charge in [0.2, 0.25) is 0 Å². The van der Waals surface area contributed by atoms with Crippen molar-refractivity contribution in [1.82, 2.24) is 10.2 Å². The SMILES string of the molecule is CCC(NC(=O)c1ccc(Cl)cc1)C1c2cc(OC)c(OC)cc2CCN1Cc1cccc(C)c1. The van der Waals surface area contributed by atoms with Crippen LogP contribution < -0.4 is 14.8 Å². The van der Waals surface area contributed by atoms with E-state index in [0.717, 1.165) is 31.7 Å². The largest absolute Gasteiger partial charge is 0.493 e. The Hall–Kier alpha value is -3.02. The number of hydrogen-bond acceptors (Lipinski definition) is 4. The zero-order chi connectivity index (χ0) is 24.9. The van der Waals surface area contributed by atoms with E-state index in [1.165, 1.54) is 22.3 Å². The molecule has 1 amide bonds. The van der Waals surface area contributed by atoms with Crippen molar-refractivity contribution in [2.75, 3.05) is 20.8 Å². The number of methoxy groups -OCH3 is 2. The van der Waals surface area contributed by atoms with Crippen molar-refractivity contribution in [3.63, 3.8) is 0 Å². The highest BCUT2D eigenvalue weighted by molar-refractivity contribution is 6.30. The van der Waals surface area contributed by atoms with Crippen LogP contribution >= 0.6 is 11.6 Å². The van der Waals surface area contributed by atoms with Crippen molar-refractivity contribution in [3.8, 4) is 11.5 Å². The highest BCUT2D eigenvalue weighted by Gasteiger charge is 2.35. The molecule has 6 heteroatoms. The molecule has 2 unspecified atom stereocenters. The number of carbonyl (C=O) groups is 1. The van der Waals surface area contributed by atoms with Gasteiger partial charge in [0.25, 0.3) is 5.91 Å². The normalized spacial score (nSPS) is 16.3. The Kier molecular flexibility index (Phi) is 7.99. The lowest BCUT2D eigenvalue weighted by molar-refractivity contribution is 0.0859. The zero-order valence-electron chi connectivity index (χ0n) is 20.8. The van der Waals surface area contributed by atoms with Gasteiger partial charge >= 0.3 is 0 Å². The highest BCUT2D eigenvalue weighted by atomic mass is 35.5. The molecule has 1 heterocycles. The minimum Gasteiger partial charge on any atom is -0.493 e. The van der Waals surface area contributed by atoms with Gasteiger partial charge in [0, 0.05) is 29.7 Å². The number of benzene rings is 3. The van der Waals surface area contributed by atoms with Crippen LogP contribution in [0.3, 0.4) is 0 Å². The van der Waals surface area contributed by atoms with E-state index in [0.29, 0.717) is 16.3 Å². The summed E-state index contributed by atoms with van der Waals surface area (Å²) in [6.45, 7) is 5.92. The molecule has 0 saturated heterocycles. The standard InChI is InChI=1S/C29H33ClN2O3/c1-5-25(31-29(33)21-9-11-23(30)12-10-21)28-24-17-27(35-4)26(34-3)16-22(24)13-14-32(28)18-20-8-6-7-19(2)15-20/h6-12,15-17,25,28H,5,13-14,18H2,1-4H3,(H,31,33). The van der Waals surface area contributed by atoms with Gasteiger partial charge in [-0.1, -0.05) is 48.4 Å². The predicted molar refractivity (Wildman–Crippen MR) is 141 cm³/mol. The van der Waals surface area contributed by atoms with Gasteiger partial charge in [-0.25, -0.2) is 0 Å². The fraction of sp³-hybridized carbons (Fsp3) is 0.345. The lowest BCUT2D eigenvalue weighted by Gasteiger charge is -2.42. The maximum Gasteiger partial charge on any atom is 0.251 e. The van der Waals surface area contributed by atoms with Crippen molar-refractivity contribution in [2.24, 2.45) is 0 Å². The minimum atomic E-state index is -0.100. The minimum absolute atomic E-state index is 0.0136. The Balaban J connectivity index is 1.72. The fourth-order valence-electron chi connectivity index (χ4n) is 4.98. The van der Waals surface area contributed by atoms with Crippen LogP contribution in [-0.4, -0.2) is 37.6 Å². The van der Waals surface area contributed by atoms with Crippen LogP contribution in [0.25, 0.3) is 0 Å². The molecule has 1 aliphatic rings. The molecular formula is C29H33ClN2O3. The number of nitrogens with one attached hydrogen (secondary N) is 1. The highest BCUT2D eigenvalue weighted by Crippen LogP contribution is 2.40. The summed E-state index contributed by atoms with van der Waals surface area (Å²) in [5.74, 6) is 1.33. The molecule has 0 fully saturated rings. The van der Waals surface area contributed by atoms with Gasteiger partial charge in [-0.3, -0.25) is 9.69 Å². The van der Waals surface area contributed by atoms with Crippen LogP contribution in [0.1, 0.15) is 52.0 Å². The fourth-order valence-corrected chi connectivity index (χ4v) is 5.11. The number of carbonyl (C=O) groups excluding carboxylic acids is 1. The van der Waals surface area contributed by atoms with Crippen LogP contribution in [0.4, 0.5) is 0 Å². The first-order chi connectivity index (χ1) is 16.9. The summed E-state index contributed by atoms with van der Waals surface area (Å²) in [5.41, 5.74) is 5.50. The van der Waals surface area contributed by atoms with Crippen molar-refractivity contribution < 1.29 is 14.3 Å². The third kappa shape index (κ3) is 5.63. The van der Waals surface area contributed by atoms with Crippen LogP contribution in [-0.2, 0) is 13.0 Å². The summed E-state index contributed by atoms with van der Waals surface area (Å²) in [6, 6.07) is 19.7. The topological polar surface area (TPSA) is 50.8 Å². The smallest absolute Gasteiger partial charge is 0.251 e.